The zero-order valence-corrected chi connectivity index (χ0v) is 19.4. The minimum absolute atomic E-state index is 0.379. The minimum atomic E-state index is -0.379. The monoisotopic (exact) mass is 453 g/mol. The summed E-state index contributed by atoms with van der Waals surface area (Å²) in [5, 5.41) is 0. The predicted molar refractivity (Wildman–Crippen MR) is 146 cm³/mol. The summed E-state index contributed by atoms with van der Waals surface area (Å²) < 4.78 is 0. The zero-order chi connectivity index (χ0) is 24.3. The Bertz CT molecular complexity index is 1190. The first-order valence-electron chi connectivity index (χ1n) is 11.5. The molecule has 5 aromatic carbocycles. The van der Waals surface area contributed by atoms with Gasteiger partial charge in [-0.25, -0.2) is 0 Å². The highest BCUT2D eigenvalue weighted by Crippen LogP contribution is 2.36. The van der Waals surface area contributed by atoms with Gasteiger partial charge in [0.05, 0.1) is 0 Å². The van der Waals surface area contributed by atoms with Crippen LogP contribution in [0.3, 0.4) is 0 Å². The maximum Gasteiger partial charge on any atom is 0.248 e. The van der Waals surface area contributed by atoms with Crippen molar-refractivity contribution >= 4 is 17.1 Å². The molecule has 0 bridgehead atoms. The van der Waals surface area contributed by atoms with Crippen LogP contribution in [0.2, 0.25) is 0 Å². The molecule has 0 fully saturated rings. The maximum atomic E-state index is 10.4. The van der Waals surface area contributed by atoms with Gasteiger partial charge in [0.1, 0.15) is 0 Å². The fourth-order valence-electron chi connectivity index (χ4n) is 3.93. The maximum absolute atomic E-state index is 10.4. The second-order valence-corrected chi connectivity index (χ2v) is 7.94. The van der Waals surface area contributed by atoms with Crippen molar-refractivity contribution in [3.8, 4) is 0 Å². The summed E-state index contributed by atoms with van der Waals surface area (Å²) in [5.41, 5.74) is 12.9. The second-order valence-electron chi connectivity index (χ2n) is 7.94. The van der Waals surface area contributed by atoms with E-state index in [1.54, 1.807) is 24.3 Å². The number of amides is 1. The normalized spacial score (nSPS) is 9.94. The van der Waals surface area contributed by atoms with Gasteiger partial charge in [0.2, 0.25) is 5.91 Å². The quantitative estimate of drug-likeness (QED) is 0.275. The van der Waals surface area contributed by atoms with E-state index in [1.165, 1.54) is 33.4 Å². The number of hydrogen-bond donors (Lipinski definition) is 1. The molecule has 0 aliphatic carbocycles. The van der Waals surface area contributed by atoms with Gasteiger partial charge >= 0.3 is 0 Å². The largest absolute Gasteiger partial charge is 0.366 e. The SMILES string of the molecule is NC(=O)c1ccccc1.c1ccc(C(=C(c2ccccc2)c2ccccc2)c2ccccc2)cc1. The van der Waals surface area contributed by atoms with Crippen LogP contribution in [0.4, 0.5) is 0 Å². The third-order valence-corrected chi connectivity index (χ3v) is 5.56. The molecule has 0 heterocycles. The smallest absolute Gasteiger partial charge is 0.248 e. The molecule has 1 amide bonds. The van der Waals surface area contributed by atoms with Crippen LogP contribution in [0.15, 0.2) is 152 Å². The number of carbonyl (C=O) groups is 1. The lowest BCUT2D eigenvalue weighted by Gasteiger charge is -2.18. The van der Waals surface area contributed by atoms with Crippen LogP contribution in [-0.2, 0) is 0 Å². The van der Waals surface area contributed by atoms with Crippen molar-refractivity contribution in [1.82, 2.24) is 0 Å². The Morgan fingerprint density at radius 1 is 0.343 bits per heavy atom. The third kappa shape index (κ3) is 6.21. The highest BCUT2D eigenvalue weighted by molar-refractivity contribution is 6.04. The molecule has 2 N–H and O–H groups in total. The van der Waals surface area contributed by atoms with Gasteiger partial charge in [-0.2, -0.15) is 0 Å². The van der Waals surface area contributed by atoms with Crippen LogP contribution >= 0.6 is 0 Å². The molecule has 0 atom stereocenters. The number of hydrogen-bond acceptors (Lipinski definition) is 1. The van der Waals surface area contributed by atoms with Gasteiger partial charge in [-0.1, -0.05) is 140 Å². The highest BCUT2D eigenvalue weighted by Gasteiger charge is 2.15. The molecule has 35 heavy (non-hydrogen) atoms. The molecule has 0 aliphatic heterocycles. The molecule has 0 spiro atoms. The van der Waals surface area contributed by atoms with Gasteiger partial charge in [0.25, 0.3) is 0 Å². The minimum Gasteiger partial charge on any atom is -0.366 e. The molecule has 170 valence electrons. The molecule has 0 saturated heterocycles. The molecule has 5 aromatic rings. The van der Waals surface area contributed by atoms with E-state index in [-0.39, 0.29) is 5.91 Å². The van der Waals surface area contributed by atoms with Crippen LogP contribution in [0.5, 0.6) is 0 Å². The number of benzene rings is 5. The van der Waals surface area contributed by atoms with Crippen LogP contribution < -0.4 is 5.73 Å². The number of carbonyl (C=O) groups excluding carboxylic acids is 1. The summed E-state index contributed by atoms with van der Waals surface area (Å²) in [7, 11) is 0. The number of primary amides is 1. The van der Waals surface area contributed by atoms with Crippen molar-refractivity contribution in [2.45, 2.75) is 0 Å². The fraction of sp³-hybridized carbons (Fsp3) is 0. The van der Waals surface area contributed by atoms with Crippen LogP contribution in [-0.4, -0.2) is 5.91 Å². The standard InChI is InChI=1S/C26H20.C7H7NO/c1-5-13-21(14-6-1)25(22-15-7-2-8-16-22)26(23-17-9-3-10-18-23)24-19-11-4-12-20-24;8-7(9)6-4-2-1-3-5-6/h1-20H;1-5H,(H2,8,9). The van der Waals surface area contributed by atoms with Gasteiger partial charge in [0.15, 0.2) is 0 Å². The van der Waals surface area contributed by atoms with Crippen molar-refractivity contribution < 1.29 is 4.79 Å². The van der Waals surface area contributed by atoms with E-state index in [4.69, 9.17) is 5.73 Å². The van der Waals surface area contributed by atoms with Crippen LogP contribution in [0.25, 0.3) is 11.1 Å². The topological polar surface area (TPSA) is 43.1 Å². The molecule has 2 nitrogen and oxygen atoms in total. The predicted octanol–water partition coefficient (Wildman–Crippen LogP) is 7.48. The second kappa shape index (κ2) is 12.0. The summed E-state index contributed by atoms with van der Waals surface area (Å²) >= 11 is 0. The van der Waals surface area contributed by atoms with Gasteiger partial charge < -0.3 is 5.73 Å². The first-order valence-corrected chi connectivity index (χ1v) is 11.5. The molecule has 2 heteroatoms. The summed E-state index contributed by atoms with van der Waals surface area (Å²) in [5.74, 6) is -0.379. The molecule has 0 unspecified atom stereocenters. The molecule has 0 aromatic heterocycles. The van der Waals surface area contributed by atoms with E-state index in [2.05, 4.69) is 121 Å². The van der Waals surface area contributed by atoms with Crippen LogP contribution in [0, 0.1) is 0 Å². The summed E-state index contributed by atoms with van der Waals surface area (Å²) in [6.07, 6.45) is 0. The molecular weight excluding hydrogens is 426 g/mol. The Balaban J connectivity index is 0.000000271. The van der Waals surface area contributed by atoms with Gasteiger partial charge in [-0.15, -0.1) is 0 Å². The molecule has 0 aliphatic rings. The van der Waals surface area contributed by atoms with Crippen molar-refractivity contribution in [2.24, 2.45) is 5.73 Å². The van der Waals surface area contributed by atoms with E-state index in [9.17, 15) is 4.79 Å². The highest BCUT2D eigenvalue weighted by atomic mass is 16.1. The van der Waals surface area contributed by atoms with Crippen molar-refractivity contribution in [2.75, 3.05) is 0 Å². The Morgan fingerprint density at radius 3 is 0.714 bits per heavy atom. The fourth-order valence-corrected chi connectivity index (χ4v) is 3.93. The summed E-state index contributed by atoms with van der Waals surface area (Å²) in [6, 6.07) is 51.4. The summed E-state index contributed by atoms with van der Waals surface area (Å²) in [6.45, 7) is 0. The van der Waals surface area contributed by atoms with Gasteiger partial charge in [-0.05, 0) is 45.5 Å². The van der Waals surface area contributed by atoms with E-state index in [0.717, 1.165) is 0 Å². The average Bonchev–Trinajstić information content (AvgIpc) is 2.94. The lowest BCUT2D eigenvalue weighted by atomic mass is 9.86. The average molecular weight is 454 g/mol. The lowest BCUT2D eigenvalue weighted by molar-refractivity contribution is 0.100. The Hall–Kier alpha value is -4.69. The van der Waals surface area contributed by atoms with Crippen molar-refractivity contribution in [3.05, 3.63) is 179 Å². The molecule has 5 rings (SSSR count). The Labute approximate surface area is 207 Å². The van der Waals surface area contributed by atoms with Crippen molar-refractivity contribution in [3.63, 3.8) is 0 Å². The van der Waals surface area contributed by atoms with Gasteiger partial charge in [-0.3, -0.25) is 4.79 Å². The van der Waals surface area contributed by atoms with Gasteiger partial charge in [0, 0.05) is 5.56 Å². The Morgan fingerprint density at radius 2 is 0.543 bits per heavy atom. The molecular formula is C33H27NO. The van der Waals surface area contributed by atoms with Crippen molar-refractivity contribution in [1.29, 1.82) is 0 Å². The summed E-state index contributed by atoms with van der Waals surface area (Å²) in [4.78, 5) is 10.4. The van der Waals surface area contributed by atoms with E-state index in [0.29, 0.717) is 5.56 Å². The zero-order valence-electron chi connectivity index (χ0n) is 19.4. The number of rotatable bonds is 5. The first kappa shape index (κ1) is 23.5. The lowest BCUT2D eigenvalue weighted by Crippen LogP contribution is -2.09. The molecule has 0 saturated carbocycles. The Kier molecular flexibility index (Phi) is 8.02. The number of nitrogens with two attached hydrogens (primary N) is 1. The first-order chi connectivity index (χ1) is 17.2. The van der Waals surface area contributed by atoms with Crippen LogP contribution in [0.1, 0.15) is 32.6 Å². The van der Waals surface area contributed by atoms with E-state index in [1.807, 2.05) is 6.07 Å². The molecule has 0 radical (unpaired) electrons. The third-order valence-electron chi connectivity index (χ3n) is 5.56. The van der Waals surface area contributed by atoms with E-state index >= 15 is 0 Å². The van der Waals surface area contributed by atoms with E-state index < -0.39 is 0 Å².